The zero-order valence-electron chi connectivity index (χ0n) is 18.7. The summed E-state index contributed by atoms with van der Waals surface area (Å²) in [7, 11) is 0. The molecule has 4 aromatic carbocycles. The van der Waals surface area contributed by atoms with E-state index in [4.69, 9.17) is 20.4 Å². The molecule has 6 nitrogen and oxygen atoms in total. The molecule has 0 radical (unpaired) electrons. The Kier molecular flexibility index (Phi) is 5.36. The number of nitrogens with one attached hydrogen (secondary N) is 1. The van der Waals surface area contributed by atoms with Gasteiger partial charge in [-0.15, -0.1) is 0 Å². The zero-order valence-corrected chi connectivity index (χ0v) is 19.5. The minimum Gasteiger partial charge on any atom is -0.436 e. The monoisotopic (exact) mass is 492 g/mol. The number of anilines is 1. The average molecular weight is 493 g/mol. The Balaban J connectivity index is 1.27. The number of hydrogen-bond donors (Lipinski definition) is 1. The Hall–Kier alpha value is -4.68. The first-order valence-corrected chi connectivity index (χ1v) is 11.5. The SMILES string of the molecule is O=C(Nc1ccc2oc(-c3ccc(Cl)cc3)nc2c1)c1cccc(-c2cc3ccccc3oc2=O)c1. The fourth-order valence-electron chi connectivity index (χ4n) is 4.02. The third-order valence-corrected chi connectivity index (χ3v) is 6.07. The molecule has 2 heterocycles. The summed E-state index contributed by atoms with van der Waals surface area (Å²) in [5.41, 5.74) is 4.03. The highest BCUT2D eigenvalue weighted by molar-refractivity contribution is 6.30. The van der Waals surface area contributed by atoms with Gasteiger partial charge in [0.2, 0.25) is 5.89 Å². The summed E-state index contributed by atoms with van der Waals surface area (Å²) in [6, 6.07) is 28.4. The Morgan fingerprint density at radius 3 is 2.47 bits per heavy atom. The van der Waals surface area contributed by atoms with Crippen LogP contribution in [0.3, 0.4) is 0 Å². The third kappa shape index (κ3) is 4.15. The molecule has 0 saturated carbocycles. The number of carbonyl (C=O) groups excluding carboxylic acids is 1. The number of carbonyl (C=O) groups is 1. The molecule has 0 spiro atoms. The standard InChI is InChI=1S/C29H17ClN2O4/c30-21-10-8-17(9-11-21)28-32-24-16-22(12-13-26(24)35-28)31-27(33)20-6-3-5-18(14-20)23-15-19-4-1-2-7-25(19)36-29(23)34/h1-16H,(H,31,33). The molecule has 0 aliphatic heterocycles. The molecule has 174 valence electrons. The molecule has 2 aromatic heterocycles. The minimum absolute atomic E-state index is 0.317. The van der Waals surface area contributed by atoms with E-state index in [1.54, 1.807) is 66.7 Å². The predicted octanol–water partition coefficient (Wildman–Crippen LogP) is 7.17. The van der Waals surface area contributed by atoms with Crippen LogP contribution in [-0.4, -0.2) is 10.9 Å². The first kappa shape index (κ1) is 21.8. The maximum Gasteiger partial charge on any atom is 0.344 e. The van der Waals surface area contributed by atoms with E-state index in [2.05, 4.69) is 10.3 Å². The van der Waals surface area contributed by atoms with Crippen molar-refractivity contribution in [2.24, 2.45) is 0 Å². The Morgan fingerprint density at radius 1 is 0.778 bits per heavy atom. The van der Waals surface area contributed by atoms with Crippen LogP contribution >= 0.6 is 11.6 Å². The van der Waals surface area contributed by atoms with Gasteiger partial charge in [-0.25, -0.2) is 9.78 Å². The molecular weight excluding hydrogens is 476 g/mol. The van der Waals surface area contributed by atoms with Crippen molar-refractivity contribution in [1.29, 1.82) is 0 Å². The molecule has 0 aliphatic carbocycles. The fraction of sp³-hybridized carbons (Fsp3) is 0. The number of halogens is 1. The summed E-state index contributed by atoms with van der Waals surface area (Å²) in [5.74, 6) is 0.148. The van der Waals surface area contributed by atoms with E-state index in [9.17, 15) is 9.59 Å². The summed E-state index contributed by atoms with van der Waals surface area (Å²) in [5, 5.41) is 4.33. The molecule has 0 fully saturated rings. The van der Waals surface area contributed by atoms with Gasteiger partial charge in [0.1, 0.15) is 11.1 Å². The summed E-state index contributed by atoms with van der Waals surface area (Å²) >= 11 is 5.96. The van der Waals surface area contributed by atoms with Crippen LogP contribution in [0.1, 0.15) is 10.4 Å². The number of hydrogen-bond acceptors (Lipinski definition) is 5. The first-order valence-electron chi connectivity index (χ1n) is 11.1. The van der Waals surface area contributed by atoms with E-state index in [0.717, 1.165) is 10.9 Å². The summed E-state index contributed by atoms with van der Waals surface area (Å²) in [4.78, 5) is 30.1. The Labute approximate surface area is 209 Å². The van der Waals surface area contributed by atoms with E-state index in [1.165, 1.54) is 0 Å². The van der Waals surface area contributed by atoms with Crippen molar-refractivity contribution in [3.05, 3.63) is 118 Å². The lowest BCUT2D eigenvalue weighted by Crippen LogP contribution is -2.12. The topological polar surface area (TPSA) is 85.3 Å². The highest BCUT2D eigenvalue weighted by Gasteiger charge is 2.13. The number of para-hydroxylation sites is 1. The summed E-state index contributed by atoms with van der Waals surface area (Å²) in [6.45, 7) is 0. The van der Waals surface area contributed by atoms with E-state index in [0.29, 0.717) is 50.0 Å². The molecule has 1 N–H and O–H groups in total. The van der Waals surface area contributed by atoms with Crippen molar-refractivity contribution in [2.75, 3.05) is 5.32 Å². The van der Waals surface area contributed by atoms with Gasteiger partial charge >= 0.3 is 5.63 Å². The van der Waals surface area contributed by atoms with Crippen LogP contribution < -0.4 is 10.9 Å². The lowest BCUT2D eigenvalue weighted by atomic mass is 10.0. The molecular formula is C29H17ClN2O4. The zero-order chi connectivity index (χ0) is 24.6. The predicted molar refractivity (Wildman–Crippen MR) is 140 cm³/mol. The van der Waals surface area contributed by atoms with Crippen molar-refractivity contribution in [3.63, 3.8) is 0 Å². The number of amides is 1. The Morgan fingerprint density at radius 2 is 1.61 bits per heavy atom. The number of fused-ring (bicyclic) bond motifs is 2. The molecule has 0 unspecified atom stereocenters. The van der Waals surface area contributed by atoms with Crippen LogP contribution in [0, 0.1) is 0 Å². The molecule has 0 aliphatic rings. The largest absolute Gasteiger partial charge is 0.436 e. The van der Waals surface area contributed by atoms with Crippen LogP contribution in [-0.2, 0) is 0 Å². The molecule has 7 heteroatoms. The highest BCUT2D eigenvalue weighted by atomic mass is 35.5. The van der Waals surface area contributed by atoms with Crippen molar-refractivity contribution in [2.45, 2.75) is 0 Å². The third-order valence-electron chi connectivity index (χ3n) is 5.81. The van der Waals surface area contributed by atoms with Crippen molar-refractivity contribution in [3.8, 4) is 22.6 Å². The Bertz CT molecular complexity index is 1820. The normalized spacial score (nSPS) is 11.1. The molecule has 6 aromatic rings. The van der Waals surface area contributed by atoms with Gasteiger partial charge in [-0.1, -0.05) is 41.9 Å². The lowest BCUT2D eigenvalue weighted by Gasteiger charge is -2.07. The second-order valence-electron chi connectivity index (χ2n) is 8.23. The molecule has 1 amide bonds. The molecule has 0 saturated heterocycles. The smallest absolute Gasteiger partial charge is 0.344 e. The van der Waals surface area contributed by atoms with Crippen molar-refractivity contribution in [1.82, 2.24) is 4.98 Å². The second kappa shape index (κ2) is 8.83. The first-order chi connectivity index (χ1) is 17.5. The van der Waals surface area contributed by atoms with Crippen LogP contribution in [0.25, 0.3) is 44.7 Å². The number of rotatable bonds is 4. The van der Waals surface area contributed by atoms with Gasteiger partial charge in [0.05, 0.1) is 5.56 Å². The summed E-state index contributed by atoms with van der Waals surface area (Å²) in [6.07, 6.45) is 0. The van der Waals surface area contributed by atoms with Gasteiger partial charge in [-0.2, -0.15) is 0 Å². The highest BCUT2D eigenvalue weighted by Crippen LogP contribution is 2.28. The van der Waals surface area contributed by atoms with Gasteiger partial charge in [-0.3, -0.25) is 4.79 Å². The van der Waals surface area contributed by atoms with Gasteiger partial charge in [0.25, 0.3) is 5.91 Å². The number of benzene rings is 4. The van der Waals surface area contributed by atoms with Crippen molar-refractivity contribution >= 4 is 45.3 Å². The fourth-order valence-corrected chi connectivity index (χ4v) is 4.14. The van der Waals surface area contributed by atoms with Crippen LogP contribution in [0.4, 0.5) is 5.69 Å². The molecule has 6 rings (SSSR count). The molecule has 36 heavy (non-hydrogen) atoms. The molecule has 0 bridgehead atoms. The second-order valence-corrected chi connectivity index (χ2v) is 8.67. The van der Waals surface area contributed by atoms with E-state index in [-0.39, 0.29) is 5.91 Å². The van der Waals surface area contributed by atoms with Crippen LogP contribution in [0.5, 0.6) is 0 Å². The van der Waals surface area contributed by atoms with E-state index in [1.807, 2.05) is 30.3 Å². The number of aromatic nitrogens is 1. The van der Waals surface area contributed by atoms with Crippen LogP contribution in [0.2, 0.25) is 5.02 Å². The number of oxazole rings is 1. The van der Waals surface area contributed by atoms with Gasteiger partial charge in [0, 0.05) is 27.2 Å². The quantitative estimate of drug-likeness (QED) is 0.263. The lowest BCUT2D eigenvalue weighted by molar-refractivity contribution is 0.102. The van der Waals surface area contributed by atoms with Gasteiger partial charge < -0.3 is 14.2 Å². The van der Waals surface area contributed by atoms with E-state index >= 15 is 0 Å². The maximum atomic E-state index is 13.0. The number of nitrogens with zero attached hydrogens (tertiary/aromatic N) is 1. The van der Waals surface area contributed by atoms with Crippen LogP contribution in [0.15, 0.2) is 111 Å². The average Bonchev–Trinajstić information content (AvgIpc) is 3.32. The van der Waals surface area contributed by atoms with E-state index < -0.39 is 5.63 Å². The maximum absolute atomic E-state index is 13.0. The minimum atomic E-state index is -0.459. The van der Waals surface area contributed by atoms with Gasteiger partial charge in [0.15, 0.2) is 5.58 Å². The molecule has 0 atom stereocenters. The summed E-state index contributed by atoms with van der Waals surface area (Å²) < 4.78 is 11.3. The van der Waals surface area contributed by atoms with Crippen molar-refractivity contribution < 1.29 is 13.6 Å². The van der Waals surface area contributed by atoms with Gasteiger partial charge in [-0.05, 0) is 72.3 Å².